The van der Waals surface area contributed by atoms with Gasteiger partial charge in [0.05, 0.1) is 11.2 Å². The van der Waals surface area contributed by atoms with E-state index in [-0.39, 0.29) is 12.5 Å². The van der Waals surface area contributed by atoms with Crippen molar-refractivity contribution in [1.29, 1.82) is 0 Å². The lowest BCUT2D eigenvalue weighted by Gasteiger charge is -2.10. The molecule has 0 radical (unpaired) electrons. The molecule has 5 heteroatoms. The molecule has 20 heavy (non-hydrogen) atoms. The van der Waals surface area contributed by atoms with Crippen molar-refractivity contribution in [2.24, 2.45) is 5.41 Å². The summed E-state index contributed by atoms with van der Waals surface area (Å²) in [5.41, 5.74) is 1.73. The number of aliphatic carboxylic acids is 1. The van der Waals surface area contributed by atoms with Gasteiger partial charge < -0.3 is 10.4 Å². The van der Waals surface area contributed by atoms with Gasteiger partial charge >= 0.3 is 5.97 Å². The fourth-order valence-electron chi connectivity index (χ4n) is 1.88. The van der Waals surface area contributed by atoms with Gasteiger partial charge in [-0.3, -0.25) is 9.59 Å². The Morgan fingerprint density at radius 1 is 1.30 bits per heavy atom. The van der Waals surface area contributed by atoms with Crippen molar-refractivity contribution in [2.45, 2.75) is 25.5 Å². The van der Waals surface area contributed by atoms with Gasteiger partial charge in [-0.05, 0) is 25.3 Å². The van der Waals surface area contributed by atoms with Crippen molar-refractivity contribution in [3.8, 4) is 0 Å². The van der Waals surface area contributed by atoms with Crippen LogP contribution in [0, 0.1) is 12.3 Å². The quantitative estimate of drug-likeness (QED) is 0.809. The second-order valence-electron chi connectivity index (χ2n) is 5.34. The first-order chi connectivity index (χ1) is 9.52. The SMILES string of the molecule is Cc1ccc(CSCC(=O)NCC2(C(=O)O)CC2)cc1. The highest BCUT2D eigenvalue weighted by Crippen LogP contribution is 2.45. The van der Waals surface area contributed by atoms with Crippen molar-refractivity contribution < 1.29 is 14.7 Å². The maximum absolute atomic E-state index is 11.7. The van der Waals surface area contributed by atoms with E-state index in [9.17, 15) is 9.59 Å². The second kappa shape index (κ2) is 6.31. The first-order valence-corrected chi connectivity index (χ1v) is 7.81. The van der Waals surface area contributed by atoms with Gasteiger partial charge in [0.1, 0.15) is 0 Å². The topological polar surface area (TPSA) is 66.4 Å². The largest absolute Gasteiger partial charge is 0.481 e. The molecule has 1 amide bonds. The molecule has 1 saturated carbocycles. The summed E-state index contributed by atoms with van der Waals surface area (Å²) in [6.07, 6.45) is 1.33. The van der Waals surface area contributed by atoms with Crippen LogP contribution in [0.25, 0.3) is 0 Å². The van der Waals surface area contributed by atoms with Crippen LogP contribution in [-0.4, -0.2) is 29.3 Å². The van der Waals surface area contributed by atoms with E-state index in [0.717, 1.165) is 5.75 Å². The molecular weight excluding hydrogens is 274 g/mol. The van der Waals surface area contributed by atoms with E-state index >= 15 is 0 Å². The molecule has 1 aromatic rings. The molecule has 1 aliphatic rings. The zero-order chi connectivity index (χ0) is 14.6. The van der Waals surface area contributed by atoms with Crippen LogP contribution in [0.15, 0.2) is 24.3 Å². The summed E-state index contributed by atoms with van der Waals surface area (Å²) in [6, 6.07) is 8.23. The maximum Gasteiger partial charge on any atom is 0.311 e. The lowest BCUT2D eigenvalue weighted by Crippen LogP contribution is -2.35. The van der Waals surface area contributed by atoms with E-state index in [2.05, 4.69) is 29.6 Å². The zero-order valence-electron chi connectivity index (χ0n) is 11.5. The fourth-order valence-corrected chi connectivity index (χ4v) is 2.70. The van der Waals surface area contributed by atoms with Gasteiger partial charge in [-0.25, -0.2) is 0 Å². The Kier molecular flexibility index (Phi) is 4.70. The Balaban J connectivity index is 1.65. The van der Waals surface area contributed by atoms with Crippen LogP contribution >= 0.6 is 11.8 Å². The number of aryl methyl sites for hydroxylation is 1. The van der Waals surface area contributed by atoms with Crippen LogP contribution in [0.3, 0.4) is 0 Å². The maximum atomic E-state index is 11.7. The normalized spacial score (nSPS) is 15.7. The molecular formula is C15H19NO3S. The van der Waals surface area contributed by atoms with Crippen molar-refractivity contribution >= 4 is 23.6 Å². The highest BCUT2D eigenvalue weighted by Gasteiger charge is 2.50. The Morgan fingerprint density at radius 3 is 2.50 bits per heavy atom. The molecule has 0 heterocycles. The highest BCUT2D eigenvalue weighted by molar-refractivity contribution is 7.99. The van der Waals surface area contributed by atoms with Crippen LogP contribution in [0.5, 0.6) is 0 Å². The van der Waals surface area contributed by atoms with Gasteiger partial charge in [0, 0.05) is 12.3 Å². The first kappa shape index (κ1) is 14.9. The van der Waals surface area contributed by atoms with E-state index < -0.39 is 11.4 Å². The van der Waals surface area contributed by atoms with Crippen molar-refractivity contribution in [2.75, 3.05) is 12.3 Å². The van der Waals surface area contributed by atoms with Gasteiger partial charge in [0.15, 0.2) is 0 Å². The second-order valence-corrected chi connectivity index (χ2v) is 6.33. The molecule has 0 aliphatic heterocycles. The van der Waals surface area contributed by atoms with Crippen molar-refractivity contribution in [1.82, 2.24) is 5.32 Å². The number of amides is 1. The number of carboxylic acid groups (broad SMARTS) is 1. The van der Waals surface area contributed by atoms with Crippen molar-refractivity contribution in [3.05, 3.63) is 35.4 Å². The average Bonchev–Trinajstić information content (AvgIpc) is 3.20. The molecule has 108 valence electrons. The Labute approximate surface area is 123 Å². The number of nitrogens with one attached hydrogen (secondary N) is 1. The van der Waals surface area contributed by atoms with Crippen LogP contribution in [0.1, 0.15) is 24.0 Å². The van der Waals surface area contributed by atoms with Crippen molar-refractivity contribution in [3.63, 3.8) is 0 Å². The third kappa shape index (κ3) is 4.00. The summed E-state index contributed by atoms with van der Waals surface area (Å²) in [4.78, 5) is 22.6. The number of thioether (sulfide) groups is 1. The zero-order valence-corrected chi connectivity index (χ0v) is 12.3. The van der Waals surface area contributed by atoms with E-state index in [1.54, 1.807) is 11.8 Å². The molecule has 0 spiro atoms. The summed E-state index contributed by atoms with van der Waals surface area (Å²) >= 11 is 1.54. The number of hydrogen-bond acceptors (Lipinski definition) is 3. The summed E-state index contributed by atoms with van der Waals surface area (Å²) in [5, 5.41) is 11.7. The van der Waals surface area contributed by atoms with E-state index in [1.807, 2.05) is 6.92 Å². The van der Waals surface area contributed by atoms with Gasteiger partial charge in [0.25, 0.3) is 0 Å². The van der Waals surface area contributed by atoms with Gasteiger partial charge in [-0.1, -0.05) is 29.8 Å². The van der Waals surface area contributed by atoms with Gasteiger partial charge in [-0.2, -0.15) is 0 Å². The van der Waals surface area contributed by atoms with E-state index in [1.165, 1.54) is 11.1 Å². The molecule has 2 N–H and O–H groups in total. The average molecular weight is 293 g/mol. The predicted octanol–water partition coefficient (Wildman–Crippen LogP) is 2.21. The Morgan fingerprint density at radius 2 is 1.95 bits per heavy atom. The monoisotopic (exact) mass is 293 g/mol. The minimum absolute atomic E-state index is 0.0883. The number of benzene rings is 1. The van der Waals surface area contributed by atoms with E-state index in [4.69, 9.17) is 5.11 Å². The van der Waals surface area contributed by atoms with E-state index in [0.29, 0.717) is 18.6 Å². The molecule has 1 aliphatic carbocycles. The molecule has 0 aromatic heterocycles. The molecule has 0 saturated heterocycles. The first-order valence-electron chi connectivity index (χ1n) is 6.65. The number of carbonyl (C=O) groups excluding carboxylic acids is 1. The van der Waals surface area contributed by atoms with Gasteiger partial charge in [-0.15, -0.1) is 11.8 Å². The third-order valence-corrected chi connectivity index (χ3v) is 4.56. The van der Waals surface area contributed by atoms with Crippen LogP contribution in [0.4, 0.5) is 0 Å². The lowest BCUT2D eigenvalue weighted by atomic mass is 10.1. The van der Waals surface area contributed by atoms with Gasteiger partial charge in [0.2, 0.25) is 5.91 Å². The number of carbonyl (C=O) groups is 2. The molecule has 0 atom stereocenters. The highest BCUT2D eigenvalue weighted by atomic mass is 32.2. The Hall–Kier alpha value is -1.49. The number of carboxylic acids is 1. The van der Waals surface area contributed by atoms with Crippen LogP contribution in [0.2, 0.25) is 0 Å². The summed E-state index contributed by atoms with van der Waals surface area (Å²) < 4.78 is 0. The smallest absolute Gasteiger partial charge is 0.311 e. The van der Waals surface area contributed by atoms with Crippen LogP contribution in [-0.2, 0) is 15.3 Å². The third-order valence-electron chi connectivity index (χ3n) is 3.55. The molecule has 0 bridgehead atoms. The number of hydrogen-bond donors (Lipinski definition) is 2. The molecule has 1 fully saturated rings. The number of rotatable bonds is 7. The summed E-state index contributed by atoms with van der Waals surface area (Å²) in [7, 11) is 0. The Bertz CT molecular complexity index is 494. The minimum atomic E-state index is -0.801. The molecule has 4 nitrogen and oxygen atoms in total. The van der Waals surface area contributed by atoms with Crippen LogP contribution < -0.4 is 5.32 Å². The molecule has 0 unspecified atom stereocenters. The molecule has 2 rings (SSSR count). The summed E-state index contributed by atoms with van der Waals surface area (Å²) in [5.74, 6) is 0.265. The standard InChI is InChI=1S/C15H19NO3S/c1-11-2-4-12(5-3-11)8-20-9-13(17)16-10-15(6-7-15)14(18)19/h2-5H,6-10H2,1H3,(H,16,17)(H,18,19). The molecule has 1 aromatic carbocycles. The minimum Gasteiger partial charge on any atom is -0.481 e. The lowest BCUT2D eigenvalue weighted by molar-refractivity contribution is -0.143. The predicted molar refractivity (Wildman–Crippen MR) is 79.7 cm³/mol. The fraction of sp³-hybridized carbons (Fsp3) is 0.467. The summed E-state index contributed by atoms with van der Waals surface area (Å²) in [6.45, 7) is 2.30.